The second-order valence-corrected chi connectivity index (χ2v) is 4.69. The molecule has 0 spiro atoms. The zero-order valence-electron chi connectivity index (χ0n) is 10.6. The lowest BCUT2D eigenvalue weighted by Gasteiger charge is -2.08. The van der Waals surface area contributed by atoms with Crippen LogP contribution in [0, 0.1) is 10.1 Å². The summed E-state index contributed by atoms with van der Waals surface area (Å²) < 4.78 is 11.2. The second kappa shape index (κ2) is 6.33. The molecule has 0 unspecified atom stereocenters. The fourth-order valence-corrected chi connectivity index (χ4v) is 1.88. The molecule has 0 saturated heterocycles. The Morgan fingerprint density at radius 1 is 1.35 bits per heavy atom. The van der Waals surface area contributed by atoms with Crippen LogP contribution in [-0.4, -0.2) is 17.0 Å². The summed E-state index contributed by atoms with van der Waals surface area (Å²) in [7, 11) is 1.53. The number of nitrogens with zero attached hydrogens (tertiary/aromatic N) is 2. The van der Waals surface area contributed by atoms with Crippen molar-refractivity contribution in [3.05, 3.63) is 56.7 Å². The summed E-state index contributed by atoms with van der Waals surface area (Å²) in [6.45, 7) is 0.191. The van der Waals surface area contributed by atoms with Gasteiger partial charge in [-0.1, -0.05) is 6.07 Å². The first kappa shape index (κ1) is 14.3. The number of non-ortho nitro benzene ring substituents is 1. The normalized spacial score (nSPS) is 10.1. The lowest BCUT2D eigenvalue weighted by atomic mass is 10.3. The van der Waals surface area contributed by atoms with E-state index in [2.05, 4.69) is 20.9 Å². The molecule has 0 aliphatic carbocycles. The van der Waals surface area contributed by atoms with Gasteiger partial charge < -0.3 is 9.47 Å². The first-order valence-electron chi connectivity index (χ1n) is 5.67. The molecule has 0 aliphatic heterocycles. The van der Waals surface area contributed by atoms with E-state index < -0.39 is 4.92 Å². The van der Waals surface area contributed by atoms with Gasteiger partial charge in [0, 0.05) is 12.1 Å². The van der Waals surface area contributed by atoms with Gasteiger partial charge >= 0.3 is 0 Å². The van der Waals surface area contributed by atoms with Gasteiger partial charge in [0.25, 0.3) is 5.69 Å². The van der Waals surface area contributed by atoms with Gasteiger partial charge in [0.15, 0.2) is 0 Å². The molecule has 0 atom stereocenters. The highest BCUT2D eigenvalue weighted by atomic mass is 79.9. The summed E-state index contributed by atoms with van der Waals surface area (Å²) in [5.41, 5.74) is 0.643. The quantitative estimate of drug-likeness (QED) is 0.617. The summed E-state index contributed by atoms with van der Waals surface area (Å²) in [4.78, 5) is 14.5. The lowest BCUT2D eigenvalue weighted by Crippen LogP contribution is -2.00. The molecule has 0 amide bonds. The number of pyridine rings is 1. The van der Waals surface area contributed by atoms with Crippen LogP contribution >= 0.6 is 15.9 Å². The van der Waals surface area contributed by atoms with E-state index in [-0.39, 0.29) is 12.3 Å². The van der Waals surface area contributed by atoms with Crippen molar-refractivity contribution in [1.82, 2.24) is 4.98 Å². The van der Waals surface area contributed by atoms with E-state index in [0.717, 1.165) is 0 Å². The standard InChI is InChI=1S/C13H11BrN2O4/c1-19-13-4-2-3-9(15-13)8-20-12-7-10(16(17)18)5-6-11(12)14/h2-7H,8H2,1H3. The summed E-state index contributed by atoms with van der Waals surface area (Å²) in [6, 6.07) is 9.66. The molecule has 6 nitrogen and oxygen atoms in total. The molecule has 0 aliphatic rings. The summed E-state index contributed by atoms with van der Waals surface area (Å²) in [6.07, 6.45) is 0. The molecule has 20 heavy (non-hydrogen) atoms. The molecule has 0 fully saturated rings. The molecule has 0 bridgehead atoms. The fourth-order valence-electron chi connectivity index (χ4n) is 1.52. The number of rotatable bonds is 5. The first-order valence-corrected chi connectivity index (χ1v) is 6.46. The molecule has 1 aromatic heterocycles. The van der Waals surface area contributed by atoms with Crippen molar-refractivity contribution in [3.63, 3.8) is 0 Å². The van der Waals surface area contributed by atoms with Gasteiger partial charge in [0.2, 0.25) is 5.88 Å². The van der Waals surface area contributed by atoms with E-state index in [1.54, 1.807) is 24.3 Å². The third kappa shape index (κ3) is 3.45. The Hall–Kier alpha value is -2.15. The average Bonchev–Trinajstić information content (AvgIpc) is 2.46. The summed E-state index contributed by atoms with van der Waals surface area (Å²) >= 11 is 3.29. The van der Waals surface area contributed by atoms with Gasteiger partial charge in [-0.3, -0.25) is 10.1 Å². The van der Waals surface area contributed by atoms with Gasteiger partial charge in [-0.2, -0.15) is 0 Å². The van der Waals surface area contributed by atoms with Gasteiger partial charge in [-0.05, 0) is 28.1 Å². The Kier molecular flexibility index (Phi) is 4.52. The first-order chi connectivity index (χ1) is 9.60. The summed E-state index contributed by atoms with van der Waals surface area (Å²) in [5.74, 6) is 0.882. The topological polar surface area (TPSA) is 74.5 Å². The van der Waals surface area contributed by atoms with Crippen LogP contribution in [0.4, 0.5) is 5.69 Å². The number of halogens is 1. The third-order valence-electron chi connectivity index (χ3n) is 2.49. The molecule has 1 heterocycles. The van der Waals surface area contributed by atoms with Crippen LogP contribution in [-0.2, 0) is 6.61 Å². The number of hydrogen-bond acceptors (Lipinski definition) is 5. The predicted molar refractivity (Wildman–Crippen MR) is 75.9 cm³/mol. The van der Waals surface area contributed by atoms with Crippen molar-refractivity contribution in [2.24, 2.45) is 0 Å². The number of nitro benzene ring substituents is 1. The molecule has 2 rings (SSSR count). The predicted octanol–water partition coefficient (Wildman–Crippen LogP) is 3.34. The van der Waals surface area contributed by atoms with Crippen LogP contribution in [0.3, 0.4) is 0 Å². The second-order valence-electron chi connectivity index (χ2n) is 3.83. The molecule has 0 N–H and O–H groups in total. The van der Waals surface area contributed by atoms with Crippen molar-refractivity contribution in [3.8, 4) is 11.6 Å². The lowest BCUT2D eigenvalue weighted by molar-refractivity contribution is -0.385. The highest BCUT2D eigenvalue weighted by Crippen LogP contribution is 2.29. The smallest absolute Gasteiger partial charge is 0.273 e. The number of methoxy groups -OCH3 is 1. The molecule has 0 radical (unpaired) electrons. The van der Waals surface area contributed by atoms with E-state index >= 15 is 0 Å². The monoisotopic (exact) mass is 338 g/mol. The minimum atomic E-state index is -0.469. The molecule has 2 aromatic rings. The minimum Gasteiger partial charge on any atom is -0.486 e. The molecule has 7 heteroatoms. The van der Waals surface area contributed by atoms with Crippen LogP contribution < -0.4 is 9.47 Å². The average molecular weight is 339 g/mol. The van der Waals surface area contributed by atoms with Crippen molar-refractivity contribution in [2.75, 3.05) is 7.11 Å². The molecular weight excluding hydrogens is 328 g/mol. The molecular formula is C13H11BrN2O4. The maximum atomic E-state index is 10.7. The highest BCUT2D eigenvalue weighted by molar-refractivity contribution is 9.10. The Morgan fingerprint density at radius 2 is 2.15 bits per heavy atom. The Bertz CT molecular complexity index is 634. The van der Waals surface area contributed by atoms with Crippen LogP contribution in [0.2, 0.25) is 0 Å². The number of nitro groups is 1. The maximum Gasteiger partial charge on any atom is 0.273 e. The van der Waals surface area contributed by atoms with Crippen LogP contribution in [0.5, 0.6) is 11.6 Å². The van der Waals surface area contributed by atoms with Crippen LogP contribution in [0.1, 0.15) is 5.69 Å². The van der Waals surface area contributed by atoms with Gasteiger partial charge in [-0.15, -0.1) is 0 Å². The maximum absolute atomic E-state index is 10.7. The zero-order valence-corrected chi connectivity index (χ0v) is 12.2. The van der Waals surface area contributed by atoms with Crippen LogP contribution in [0.15, 0.2) is 40.9 Å². The largest absolute Gasteiger partial charge is 0.486 e. The van der Waals surface area contributed by atoms with Gasteiger partial charge in [0.05, 0.1) is 28.3 Å². The van der Waals surface area contributed by atoms with Crippen LogP contribution in [0.25, 0.3) is 0 Å². The van der Waals surface area contributed by atoms with Crippen molar-refractivity contribution in [2.45, 2.75) is 6.61 Å². The molecule has 104 valence electrons. The highest BCUT2D eigenvalue weighted by Gasteiger charge is 2.11. The van der Waals surface area contributed by atoms with Gasteiger partial charge in [0.1, 0.15) is 12.4 Å². The zero-order chi connectivity index (χ0) is 14.5. The van der Waals surface area contributed by atoms with E-state index in [0.29, 0.717) is 21.8 Å². The number of hydrogen-bond donors (Lipinski definition) is 0. The minimum absolute atomic E-state index is 0.0261. The summed E-state index contributed by atoms with van der Waals surface area (Å²) in [5, 5.41) is 10.7. The van der Waals surface area contributed by atoms with Crippen molar-refractivity contribution < 1.29 is 14.4 Å². The fraction of sp³-hybridized carbons (Fsp3) is 0.154. The molecule has 0 saturated carbocycles. The number of benzene rings is 1. The number of ether oxygens (including phenoxy) is 2. The van der Waals surface area contributed by atoms with Crippen molar-refractivity contribution in [1.29, 1.82) is 0 Å². The van der Waals surface area contributed by atoms with Crippen molar-refractivity contribution >= 4 is 21.6 Å². The van der Waals surface area contributed by atoms with E-state index in [4.69, 9.17) is 9.47 Å². The van der Waals surface area contributed by atoms with Gasteiger partial charge in [-0.25, -0.2) is 4.98 Å². The Morgan fingerprint density at radius 3 is 2.85 bits per heavy atom. The Balaban J connectivity index is 2.13. The molecule has 1 aromatic carbocycles. The van der Waals surface area contributed by atoms with E-state index in [1.807, 2.05) is 0 Å². The number of aromatic nitrogens is 1. The third-order valence-corrected chi connectivity index (χ3v) is 3.15. The Labute approximate surface area is 123 Å². The SMILES string of the molecule is COc1cccc(COc2cc([N+](=O)[O-])ccc2Br)n1. The van der Waals surface area contributed by atoms with E-state index in [1.165, 1.54) is 19.2 Å². The van der Waals surface area contributed by atoms with E-state index in [9.17, 15) is 10.1 Å².